The van der Waals surface area contributed by atoms with E-state index in [1.807, 2.05) is 19.1 Å². The number of carbonyl (C=O) groups is 4. The van der Waals surface area contributed by atoms with Gasteiger partial charge in [0.25, 0.3) is 0 Å². The highest BCUT2D eigenvalue weighted by molar-refractivity contribution is 6.34. The normalized spacial score (nSPS) is 11.9. The molecule has 1 amide bonds. The Kier molecular flexibility index (Phi) is 8.73. The van der Waals surface area contributed by atoms with Gasteiger partial charge in [0.1, 0.15) is 5.60 Å². The van der Waals surface area contributed by atoms with E-state index in [0.29, 0.717) is 11.1 Å². The average molecular weight is 456 g/mol. The third kappa shape index (κ3) is 8.76. The minimum atomic E-state index is -1.11. The van der Waals surface area contributed by atoms with Crippen molar-refractivity contribution in [2.45, 2.75) is 52.2 Å². The number of hydrogen-bond donors (Lipinski definition) is 2. The van der Waals surface area contributed by atoms with E-state index in [0.717, 1.165) is 5.56 Å². The number of rotatable bonds is 9. The van der Waals surface area contributed by atoms with E-state index in [1.165, 1.54) is 12.1 Å². The number of alkyl carbamates (subject to hydrolysis) is 1. The number of aromatic carboxylic acids is 1. The molecule has 8 heteroatoms. The van der Waals surface area contributed by atoms with Gasteiger partial charge in [-0.25, -0.2) is 14.4 Å². The molecule has 0 spiro atoms. The maximum atomic E-state index is 12.3. The molecule has 0 radical (unpaired) electrons. The molecule has 0 saturated heterocycles. The van der Waals surface area contributed by atoms with Crippen LogP contribution in [0, 0.1) is 6.92 Å². The lowest BCUT2D eigenvalue weighted by Gasteiger charge is -2.24. The number of amides is 1. The largest absolute Gasteiger partial charge is 0.478 e. The lowest BCUT2D eigenvalue weighted by molar-refractivity contribution is -0.153. The number of esters is 1. The Bertz CT molecular complexity index is 1010. The average Bonchev–Trinajstić information content (AvgIpc) is 2.73. The van der Waals surface area contributed by atoms with Crippen LogP contribution in [0.15, 0.2) is 48.5 Å². The summed E-state index contributed by atoms with van der Waals surface area (Å²) in [4.78, 5) is 47.9. The van der Waals surface area contributed by atoms with Gasteiger partial charge in [-0.1, -0.05) is 42.0 Å². The van der Waals surface area contributed by atoms with Crippen molar-refractivity contribution in [2.24, 2.45) is 0 Å². The van der Waals surface area contributed by atoms with E-state index in [2.05, 4.69) is 5.32 Å². The molecule has 0 fully saturated rings. The minimum absolute atomic E-state index is 0.0498. The first-order valence-electron chi connectivity index (χ1n) is 10.5. The van der Waals surface area contributed by atoms with Crippen molar-refractivity contribution in [3.63, 3.8) is 0 Å². The van der Waals surface area contributed by atoms with Gasteiger partial charge in [-0.2, -0.15) is 0 Å². The van der Waals surface area contributed by atoms with E-state index in [1.54, 1.807) is 45.0 Å². The van der Waals surface area contributed by atoms with Crippen molar-refractivity contribution >= 4 is 23.8 Å². The van der Waals surface area contributed by atoms with Gasteiger partial charge >= 0.3 is 18.0 Å². The molecule has 1 unspecified atom stereocenters. The monoisotopic (exact) mass is 455 g/mol. The van der Waals surface area contributed by atoms with E-state index >= 15 is 0 Å². The maximum absolute atomic E-state index is 12.3. The van der Waals surface area contributed by atoms with Gasteiger partial charge in [-0.15, -0.1) is 0 Å². The molecule has 0 heterocycles. The zero-order chi connectivity index (χ0) is 24.6. The van der Waals surface area contributed by atoms with Crippen LogP contribution in [0.2, 0.25) is 0 Å². The third-order valence-corrected chi connectivity index (χ3v) is 4.58. The zero-order valence-electron chi connectivity index (χ0n) is 19.2. The first-order chi connectivity index (χ1) is 15.4. The van der Waals surface area contributed by atoms with Gasteiger partial charge < -0.3 is 19.9 Å². The lowest BCUT2D eigenvalue weighted by Crippen LogP contribution is -2.35. The topological polar surface area (TPSA) is 119 Å². The number of carbonyl (C=O) groups excluding carboxylic acids is 3. The van der Waals surface area contributed by atoms with Crippen molar-refractivity contribution in [3.8, 4) is 0 Å². The second kappa shape index (κ2) is 11.3. The molecular weight excluding hydrogens is 426 g/mol. The summed E-state index contributed by atoms with van der Waals surface area (Å²) >= 11 is 0. The van der Waals surface area contributed by atoms with Crippen LogP contribution in [0.5, 0.6) is 0 Å². The zero-order valence-corrected chi connectivity index (χ0v) is 19.2. The number of benzene rings is 2. The summed E-state index contributed by atoms with van der Waals surface area (Å²) in [6, 6.07) is 12.6. The van der Waals surface area contributed by atoms with Gasteiger partial charge in [-0.3, -0.25) is 4.79 Å². The van der Waals surface area contributed by atoms with E-state index in [-0.39, 0.29) is 25.0 Å². The van der Waals surface area contributed by atoms with Crippen LogP contribution in [0.1, 0.15) is 60.3 Å². The van der Waals surface area contributed by atoms with E-state index in [4.69, 9.17) is 9.47 Å². The Morgan fingerprint density at radius 1 is 1.03 bits per heavy atom. The molecule has 1 atom stereocenters. The first kappa shape index (κ1) is 25.6. The number of Topliss-reactive ketones (excluding diaryl/α,β-unsaturated/α-hetero) is 1. The van der Waals surface area contributed by atoms with Crippen LogP contribution in [-0.4, -0.2) is 41.1 Å². The maximum Gasteiger partial charge on any atom is 0.408 e. The van der Waals surface area contributed by atoms with Crippen molar-refractivity contribution in [3.05, 3.63) is 70.8 Å². The van der Waals surface area contributed by atoms with Gasteiger partial charge in [0.05, 0.1) is 18.2 Å². The highest BCUT2D eigenvalue weighted by Gasteiger charge is 2.23. The highest BCUT2D eigenvalue weighted by atomic mass is 16.6. The van der Waals surface area contributed by atoms with Crippen LogP contribution in [0.4, 0.5) is 4.79 Å². The SMILES string of the molecule is Cc1ccc(CC(=O)C(=O)OCCC(NC(=O)OC(C)(C)C)c2cccc(C(=O)O)c2)cc1. The van der Waals surface area contributed by atoms with Crippen molar-refractivity contribution in [2.75, 3.05) is 6.61 Å². The number of hydrogen-bond acceptors (Lipinski definition) is 6. The van der Waals surface area contributed by atoms with Crippen LogP contribution in [0.25, 0.3) is 0 Å². The minimum Gasteiger partial charge on any atom is -0.478 e. The molecule has 0 aliphatic carbocycles. The smallest absolute Gasteiger partial charge is 0.408 e. The Morgan fingerprint density at radius 2 is 1.70 bits per heavy atom. The predicted octanol–water partition coefficient (Wildman–Crippen LogP) is 4.00. The Balaban J connectivity index is 2.03. The number of carboxylic acids is 1. The fraction of sp³-hybridized carbons (Fsp3) is 0.360. The predicted molar refractivity (Wildman–Crippen MR) is 121 cm³/mol. The number of ether oxygens (including phenoxy) is 2. The van der Waals surface area contributed by atoms with Gasteiger partial charge in [0.2, 0.25) is 5.78 Å². The highest BCUT2D eigenvalue weighted by Crippen LogP contribution is 2.20. The summed E-state index contributed by atoms with van der Waals surface area (Å²) < 4.78 is 10.4. The van der Waals surface area contributed by atoms with Gasteiger partial charge in [-0.05, 0) is 51.0 Å². The Labute approximate surface area is 192 Å². The van der Waals surface area contributed by atoms with Crippen LogP contribution in [0.3, 0.4) is 0 Å². The van der Waals surface area contributed by atoms with Crippen LogP contribution < -0.4 is 5.32 Å². The summed E-state index contributed by atoms with van der Waals surface area (Å²) in [6.07, 6.45) is -0.652. The number of ketones is 1. The second-order valence-electron chi connectivity index (χ2n) is 8.64. The molecular formula is C25H29NO7. The van der Waals surface area contributed by atoms with Crippen molar-refractivity contribution in [1.82, 2.24) is 5.32 Å². The van der Waals surface area contributed by atoms with E-state index in [9.17, 15) is 24.3 Å². The summed E-state index contributed by atoms with van der Waals surface area (Å²) in [5, 5.41) is 11.9. The lowest BCUT2D eigenvalue weighted by atomic mass is 10.0. The molecule has 0 aliphatic rings. The molecule has 2 aromatic carbocycles. The van der Waals surface area contributed by atoms with Crippen molar-refractivity contribution < 1.29 is 33.8 Å². The Hall–Kier alpha value is -3.68. The summed E-state index contributed by atoms with van der Waals surface area (Å²) in [5.41, 5.74) is 1.57. The Morgan fingerprint density at radius 3 is 2.30 bits per heavy atom. The van der Waals surface area contributed by atoms with Gasteiger partial charge in [0, 0.05) is 12.8 Å². The quantitative estimate of drug-likeness (QED) is 0.433. The summed E-state index contributed by atoms with van der Waals surface area (Å²) in [5.74, 6) is -2.75. The molecule has 0 aromatic heterocycles. The van der Waals surface area contributed by atoms with Gasteiger partial charge in [0.15, 0.2) is 0 Å². The number of aryl methyl sites for hydroxylation is 1. The summed E-state index contributed by atoms with van der Waals surface area (Å²) in [7, 11) is 0. The van der Waals surface area contributed by atoms with Crippen LogP contribution >= 0.6 is 0 Å². The third-order valence-electron chi connectivity index (χ3n) is 4.58. The first-order valence-corrected chi connectivity index (χ1v) is 10.5. The molecule has 2 N–H and O–H groups in total. The fourth-order valence-corrected chi connectivity index (χ4v) is 2.97. The molecule has 176 valence electrons. The number of nitrogens with one attached hydrogen (secondary N) is 1. The molecule has 0 aliphatic heterocycles. The molecule has 8 nitrogen and oxygen atoms in total. The molecule has 2 rings (SSSR count). The molecule has 0 saturated carbocycles. The standard InChI is InChI=1S/C25H29NO7/c1-16-8-10-17(11-9-16)14-21(27)23(30)32-13-12-20(26-24(31)33-25(2,3)4)18-6-5-7-19(15-18)22(28)29/h5-11,15,20H,12-14H2,1-4H3,(H,26,31)(H,28,29). The number of carboxylic acid groups (broad SMARTS) is 1. The summed E-state index contributed by atoms with van der Waals surface area (Å²) in [6.45, 7) is 6.92. The van der Waals surface area contributed by atoms with Crippen molar-refractivity contribution in [1.29, 1.82) is 0 Å². The molecule has 2 aromatic rings. The molecule has 0 bridgehead atoms. The second-order valence-corrected chi connectivity index (χ2v) is 8.64. The van der Waals surface area contributed by atoms with Crippen LogP contribution in [-0.2, 0) is 25.5 Å². The fourth-order valence-electron chi connectivity index (χ4n) is 2.97. The molecule has 33 heavy (non-hydrogen) atoms. The van der Waals surface area contributed by atoms with E-state index < -0.39 is 35.5 Å².